The molecule has 3 saturated heterocycles. The molecule has 3 atom stereocenters. The van der Waals surface area contributed by atoms with Crippen molar-refractivity contribution in [2.45, 2.75) is 17.5 Å². The number of carbonyl (C=O) groups excluding carboxylic acids is 3. The minimum absolute atomic E-state index is 0.0309. The van der Waals surface area contributed by atoms with E-state index in [1.807, 2.05) is 17.5 Å². The number of hydrogen-bond acceptors (Lipinski definition) is 8. The van der Waals surface area contributed by atoms with Gasteiger partial charge in [0.15, 0.2) is 10.9 Å². The summed E-state index contributed by atoms with van der Waals surface area (Å²) in [5, 5.41) is 5.26. The fourth-order valence-corrected chi connectivity index (χ4v) is 5.79. The molecule has 3 fully saturated rings. The first-order valence-electron chi connectivity index (χ1n) is 11.3. The standard InChI is InChI=1S/C23H26ClN5O4S/c1-27-6-8-28(9-7-27)23-26-17(13-34-23)14-2-4-15(5-3-14)22(32)25-10-19(31)29-11-16(24)21-20(29)18(30)12-33-21/h2-5,13,16,20-21H,6-12H2,1H3,(H,25,32)/t16-,20-,21-/m1/s1. The number of hydrogen-bond donors (Lipinski definition) is 1. The first kappa shape index (κ1) is 23.2. The molecule has 9 nitrogen and oxygen atoms in total. The molecule has 1 aromatic heterocycles. The number of rotatable bonds is 5. The van der Waals surface area contributed by atoms with E-state index in [9.17, 15) is 14.4 Å². The number of fused-ring (bicyclic) bond motifs is 1. The second-order valence-electron chi connectivity index (χ2n) is 8.81. The lowest BCUT2D eigenvalue weighted by molar-refractivity contribution is -0.135. The quantitative estimate of drug-likeness (QED) is 0.610. The number of nitrogens with zero attached hydrogens (tertiary/aromatic N) is 4. The molecule has 2 aromatic rings. The highest BCUT2D eigenvalue weighted by molar-refractivity contribution is 7.14. The molecule has 0 bridgehead atoms. The molecule has 1 N–H and O–H groups in total. The van der Waals surface area contributed by atoms with E-state index in [4.69, 9.17) is 21.3 Å². The topological polar surface area (TPSA) is 95.1 Å². The van der Waals surface area contributed by atoms with E-state index < -0.39 is 17.5 Å². The van der Waals surface area contributed by atoms with Gasteiger partial charge in [-0.3, -0.25) is 14.4 Å². The van der Waals surface area contributed by atoms with Crippen LogP contribution in [0.5, 0.6) is 0 Å². The number of nitrogens with one attached hydrogen (secondary N) is 1. The number of likely N-dealkylation sites (N-methyl/N-ethyl adjacent to an activating group) is 1. The van der Waals surface area contributed by atoms with E-state index in [-0.39, 0.29) is 37.3 Å². The third kappa shape index (κ3) is 4.55. The summed E-state index contributed by atoms with van der Waals surface area (Å²) in [5.74, 6) is -0.856. The van der Waals surface area contributed by atoms with Crippen LogP contribution in [0, 0.1) is 0 Å². The molecule has 0 aliphatic carbocycles. The lowest BCUT2D eigenvalue weighted by Crippen LogP contribution is -2.46. The Kier molecular flexibility index (Phi) is 6.57. The number of ether oxygens (including phenoxy) is 1. The maximum atomic E-state index is 12.6. The van der Waals surface area contributed by atoms with E-state index in [1.54, 1.807) is 23.5 Å². The van der Waals surface area contributed by atoms with Crippen LogP contribution in [0.4, 0.5) is 5.13 Å². The Morgan fingerprint density at radius 2 is 1.94 bits per heavy atom. The van der Waals surface area contributed by atoms with E-state index in [1.165, 1.54) is 4.90 Å². The number of piperazine rings is 1. The van der Waals surface area contributed by atoms with Crippen molar-refractivity contribution in [2.24, 2.45) is 0 Å². The number of anilines is 1. The van der Waals surface area contributed by atoms with Crippen molar-refractivity contribution in [3.05, 3.63) is 35.2 Å². The van der Waals surface area contributed by atoms with Gasteiger partial charge in [0.2, 0.25) is 5.91 Å². The Morgan fingerprint density at radius 1 is 1.21 bits per heavy atom. The fourth-order valence-electron chi connectivity index (χ4n) is 4.55. The van der Waals surface area contributed by atoms with Crippen LogP contribution >= 0.6 is 22.9 Å². The second-order valence-corrected chi connectivity index (χ2v) is 10.2. The Bertz CT molecular complexity index is 1090. The van der Waals surface area contributed by atoms with Gasteiger partial charge in [-0.05, 0) is 19.2 Å². The van der Waals surface area contributed by atoms with E-state index in [0.717, 1.165) is 42.6 Å². The summed E-state index contributed by atoms with van der Waals surface area (Å²) >= 11 is 7.85. The predicted octanol–water partition coefficient (Wildman–Crippen LogP) is 1.08. The number of thiazole rings is 1. The highest BCUT2D eigenvalue weighted by Crippen LogP contribution is 2.31. The molecule has 4 heterocycles. The Labute approximate surface area is 206 Å². The summed E-state index contributed by atoms with van der Waals surface area (Å²) in [6.45, 7) is 3.97. The summed E-state index contributed by atoms with van der Waals surface area (Å²) in [6, 6.07) is 6.51. The molecule has 3 aliphatic heterocycles. The molecule has 11 heteroatoms. The summed E-state index contributed by atoms with van der Waals surface area (Å²) in [4.78, 5) is 48.1. The van der Waals surface area contributed by atoms with Crippen molar-refractivity contribution < 1.29 is 19.1 Å². The molecule has 3 aliphatic rings. The van der Waals surface area contributed by atoms with Crippen LogP contribution in [0.1, 0.15) is 10.4 Å². The summed E-state index contributed by atoms with van der Waals surface area (Å²) in [5.41, 5.74) is 2.25. The van der Waals surface area contributed by atoms with Crippen molar-refractivity contribution in [3.63, 3.8) is 0 Å². The number of aromatic nitrogens is 1. The first-order chi connectivity index (χ1) is 16.4. The highest BCUT2D eigenvalue weighted by atomic mass is 35.5. The molecule has 1 aromatic carbocycles. The van der Waals surface area contributed by atoms with Gasteiger partial charge in [0.25, 0.3) is 5.91 Å². The van der Waals surface area contributed by atoms with Crippen molar-refractivity contribution in [3.8, 4) is 11.3 Å². The summed E-state index contributed by atoms with van der Waals surface area (Å²) in [7, 11) is 2.13. The van der Waals surface area contributed by atoms with Gasteiger partial charge >= 0.3 is 0 Å². The van der Waals surface area contributed by atoms with E-state index in [0.29, 0.717) is 5.56 Å². The molecule has 0 radical (unpaired) electrons. The maximum Gasteiger partial charge on any atom is 0.251 e. The Morgan fingerprint density at radius 3 is 2.68 bits per heavy atom. The minimum Gasteiger partial charge on any atom is -0.366 e. The van der Waals surface area contributed by atoms with Gasteiger partial charge in [-0.25, -0.2) is 4.98 Å². The predicted molar refractivity (Wildman–Crippen MR) is 129 cm³/mol. The SMILES string of the molecule is CN1CCN(c2nc(-c3ccc(C(=O)NCC(=O)N4C[C@@H](Cl)[C@H]5OCC(=O)[C@H]54)cc3)cs2)CC1. The van der Waals surface area contributed by atoms with Gasteiger partial charge in [0, 0.05) is 49.2 Å². The monoisotopic (exact) mass is 503 g/mol. The first-order valence-corrected chi connectivity index (χ1v) is 12.6. The van der Waals surface area contributed by atoms with Gasteiger partial charge in [-0.1, -0.05) is 12.1 Å². The largest absolute Gasteiger partial charge is 0.366 e. The molecular formula is C23H26ClN5O4S. The molecule has 0 spiro atoms. The molecule has 180 valence electrons. The number of benzene rings is 1. The third-order valence-corrected chi connectivity index (χ3v) is 7.84. The summed E-state index contributed by atoms with van der Waals surface area (Å²) < 4.78 is 5.39. The van der Waals surface area contributed by atoms with Crippen LogP contribution in [-0.2, 0) is 14.3 Å². The number of alkyl halides is 1. The zero-order valence-electron chi connectivity index (χ0n) is 18.8. The number of halogens is 1. The molecule has 0 saturated carbocycles. The lowest BCUT2D eigenvalue weighted by atomic mass is 10.1. The van der Waals surface area contributed by atoms with Crippen LogP contribution in [0.15, 0.2) is 29.6 Å². The van der Waals surface area contributed by atoms with Crippen LogP contribution in [0.3, 0.4) is 0 Å². The van der Waals surface area contributed by atoms with Crippen LogP contribution in [0.2, 0.25) is 0 Å². The van der Waals surface area contributed by atoms with E-state index >= 15 is 0 Å². The van der Waals surface area contributed by atoms with Gasteiger partial charge < -0.3 is 24.8 Å². The highest BCUT2D eigenvalue weighted by Gasteiger charge is 2.51. The van der Waals surface area contributed by atoms with Crippen molar-refractivity contribution in [1.29, 1.82) is 0 Å². The van der Waals surface area contributed by atoms with Gasteiger partial charge in [0.1, 0.15) is 18.8 Å². The number of carbonyl (C=O) groups is 3. The molecule has 5 rings (SSSR count). The average Bonchev–Trinajstić information content (AvgIpc) is 3.56. The van der Waals surface area contributed by atoms with Gasteiger partial charge in [-0.15, -0.1) is 22.9 Å². The lowest BCUT2D eigenvalue weighted by Gasteiger charge is -2.32. The maximum absolute atomic E-state index is 12.6. The van der Waals surface area contributed by atoms with Crippen molar-refractivity contribution in [1.82, 2.24) is 20.1 Å². The third-order valence-electron chi connectivity index (χ3n) is 6.55. The van der Waals surface area contributed by atoms with Crippen molar-refractivity contribution >= 4 is 45.7 Å². The van der Waals surface area contributed by atoms with Gasteiger partial charge in [-0.2, -0.15) is 0 Å². The number of Topliss-reactive ketones (excluding diaryl/α,β-unsaturated/α-hetero) is 1. The zero-order chi connectivity index (χ0) is 23.8. The molecule has 2 amide bonds. The van der Waals surface area contributed by atoms with Crippen LogP contribution in [-0.4, -0.2) is 103 Å². The molecular weight excluding hydrogens is 478 g/mol. The normalized spacial score (nSPS) is 25.0. The van der Waals surface area contributed by atoms with Crippen LogP contribution < -0.4 is 10.2 Å². The summed E-state index contributed by atoms with van der Waals surface area (Å²) in [6.07, 6.45) is -0.469. The second kappa shape index (κ2) is 9.61. The zero-order valence-corrected chi connectivity index (χ0v) is 20.3. The van der Waals surface area contributed by atoms with Gasteiger partial charge in [0.05, 0.1) is 17.6 Å². The minimum atomic E-state index is -0.653. The van der Waals surface area contributed by atoms with Crippen molar-refractivity contribution in [2.75, 3.05) is 57.8 Å². The number of ketones is 1. The van der Waals surface area contributed by atoms with E-state index in [2.05, 4.69) is 22.2 Å². The Balaban J connectivity index is 1.17. The molecule has 34 heavy (non-hydrogen) atoms. The molecule has 0 unspecified atom stereocenters. The average molecular weight is 504 g/mol. The number of likely N-dealkylation sites (tertiary alicyclic amines) is 1. The number of amides is 2. The smallest absolute Gasteiger partial charge is 0.251 e. The fraction of sp³-hybridized carbons (Fsp3) is 0.478. The van der Waals surface area contributed by atoms with Crippen LogP contribution in [0.25, 0.3) is 11.3 Å². The Hall–Kier alpha value is -2.53.